The number of rotatable bonds is 10. The number of aliphatic hydroxyl groups is 1. The molecule has 1 nitrogen and oxygen atoms in total. The zero-order valence-electron chi connectivity index (χ0n) is 10.1. The van der Waals surface area contributed by atoms with Gasteiger partial charge in [-0.05, 0) is 12.8 Å². The lowest BCUT2D eigenvalue weighted by atomic mass is 10.0. The lowest BCUT2D eigenvalue weighted by Gasteiger charge is -2.08. The van der Waals surface area contributed by atoms with Crippen molar-refractivity contribution in [2.75, 3.05) is 0 Å². The lowest BCUT2D eigenvalue weighted by molar-refractivity contribution is 0.150. The highest BCUT2D eigenvalue weighted by Crippen LogP contribution is 2.11. The van der Waals surface area contributed by atoms with Crippen molar-refractivity contribution in [2.24, 2.45) is 0 Å². The molecule has 0 fully saturated rings. The molecule has 0 rings (SSSR count). The third-order valence-electron chi connectivity index (χ3n) is 2.76. The predicted octanol–water partition coefficient (Wildman–Crippen LogP) is 4.29. The van der Waals surface area contributed by atoms with Crippen LogP contribution in [0.1, 0.15) is 78.1 Å². The summed E-state index contributed by atoms with van der Waals surface area (Å²) >= 11 is 0. The van der Waals surface area contributed by atoms with Crippen molar-refractivity contribution in [3.8, 4) is 0 Å². The summed E-state index contributed by atoms with van der Waals surface area (Å²) in [5.74, 6) is 0. The number of aliphatic hydroxyl groups excluding tert-OH is 1. The molecule has 0 aliphatic carbocycles. The average molecular weight is 200 g/mol. The van der Waals surface area contributed by atoms with Crippen LogP contribution in [-0.4, -0.2) is 11.2 Å². The van der Waals surface area contributed by atoms with Gasteiger partial charge in [-0.25, -0.2) is 0 Å². The Balaban J connectivity index is 2.98. The van der Waals surface area contributed by atoms with Crippen molar-refractivity contribution in [3.05, 3.63) is 0 Å². The molecule has 0 aromatic carbocycles. The normalized spacial score (nSPS) is 13.1. The van der Waals surface area contributed by atoms with Gasteiger partial charge >= 0.3 is 0 Å². The molecule has 1 heteroatoms. The molecular weight excluding hydrogens is 172 g/mol. The predicted molar refractivity (Wildman–Crippen MR) is 63.5 cm³/mol. The Kier molecular flexibility index (Phi) is 11.0. The fraction of sp³-hybridized carbons (Fsp3) is 1.00. The van der Waals surface area contributed by atoms with E-state index in [2.05, 4.69) is 13.8 Å². The Bertz CT molecular complexity index is 101. The van der Waals surface area contributed by atoms with Crippen LogP contribution in [0.5, 0.6) is 0 Å². The van der Waals surface area contributed by atoms with E-state index in [0.717, 1.165) is 19.3 Å². The first-order valence-corrected chi connectivity index (χ1v) is 6.49. The summed E-state index contributed by atoms with van der Waals surface area (Å²) in [6.07, 6.45) is 12.5. The standard InChI is InChI=1S/C13H28O/c1-3-5-6-7-8-9-10-12-13(14)11-4-2/h13-14H,3-12H2,1-2H3/t13-/m1/s1. The van der Waals surface area contributed by atoms with Gasteiger partial charge in [0.05, 0.1) is 6.10 Å². The Morgan fingerprint density at radius 3 is 1.86 bits per heavy atom. The maximum Gasteiger partial charge on any atom is 0.0540 e. The van der Waals surface area contributed by atoms with Crippen LogP contribution in [0.25, 0.3) is 0 Å². The minimum absolute atomic E-state index is 0.0318. The smallest absolute Gasteiger partial charge is 0.0540 e. The molecule has 0 aliphatic heterocycles. The van der Waals surface area contributed by atoms with Gasteiger partial charge in [0.1, 0.15) is 0 Å². The molecule has 1 N–H and O–H groups in total. The SMILES string of the molecule is CCCCCCCCC[C@H](O)CCC. The highest BCUT2D eigenvalue weighted by Gasteiger charge is 2.01. The quantitative estimate of drug-likeness (QED) is 0.522. The first-order chi connectivity index (χ1) is 6.81. The molecule has 0 amide bonds. The molecule has 0 aromatic rings. The van der Waals surface area contributed by atoms with Crippen LogP contribution in [0, 0.1) is 0 Å². The summed E-state index contributed by atoms with van der Waals surface area (Å²) in [5.41, 5.74) is 0. The Labute approximate surface area is 89.9 Å². The second kappa shape index (κ2) is 11.0. The molecule has 0 saturated carbocycles. The van der Waals surface area contributed by atoms with Crippen molar-refractivity contribution in [1.29, 1.82) is 0 Å². The van der Waals surface area contributed by atoms with Crippen LogP contribution in [-0.2, 0) is 0 Å². The number of unbranched alkanes of at least 4 members (excludes halogenated alkanes) is 6. The fourth-order valence-electron chi connectivity index (χ4n) is 1.81. The van der Waals surface area contributed by atoms with E-state index < -0.39 is 0 Å². The Morgan fingerprint density at radius 2 is 1.29 bits per heavy atom. The average Bonchev–Trinajstić information content (AvgIpc) is 2.17. The molecule has 0 saturated heterocycles. The van der Waals surface area contributed by atoms with E-state index in [1.807, 2.05) is 0 Å². The van der Waals surface area contributed by atoms with Crippen LogP contribution in [0.4, 0.5) is 0 Å². The van der Waals surface area contributed by atoms with E-state index in [1.54, 1.807) is 0 Å². The fourth-order valence-corrected chi connectivity index (χ4v) is 1.81. The second-order valence-corrected chi connectivity index (χ2v) is 4.35. The van der Waals surface area contributed by atoms with Crippen molar-refractivity contribution >= 4 is 0 Å². The van der Waals surface area contributed by atoms with E-state index in [4.69, 9.17) is 0 Å². The van der Waals surface area contributed by atoms with Crippen LogP contribution in [0.3, 0.4) is 0 Å². The first-order valence-electron chi connectivity index (χ1n) is 6.49. The third kappa shape index (κ3) is 10.0. The largest absolute Gasteiger partial charge is 0.393 e. The molecule has 0 spiro atoms. The minimum atomic E-state index is -0.0318. The zero-order chi connectivity index (χ0) is 10.6. The van der Waals surface area contributed by atoms with Gasteiger partial charge < -0.3 is 5.11 Å². The molecule has 14 heavy (non-hydrogen) atoms. The van der Waals surface area contributed by atoms with Crippen molar-refractivity contribution in [2.45, 2.75) is 84.2 Å². The highest BCUT2D eigenvalue weighted by molar-refractivity contribution is 4.55. The van der Waals surface area contributed by atoms with E-state index in [1.165, 1.54) is 44.9 Å². The van der Waals surface area contributed by atoms with E-state index in [9.17, 15) is 5.11 Å². The summed E-state index contributed by atoms with van der Waals surface area (Å²) in [7, 11) is 0. The molecule has 0 aliphatic rings. The summed E-state index contributed by atoms with van der Waals surface area (Å²) < 4.78 is 0. The van der Waals surface area contributed by atoms with Gasteiger partial charge in [-0.3, -0.25) is 0 Å². The van der Waals surface area contributed by atoms with Crippen LogP contribution in [0.2, 0.25) is 0 Å². The van der Waals surface area contributed by atoms with Gasteiger partial charge in [0.2, 0.25) is 0 Å². The van der Waals surface area contributed by atoms with Gasteiger partial charge in [-0.15, -0.1) is 0 Å². The topological polar surface area (TPSA) is 20.2 Å². The summed E-state index contributed by atoms with van der Waals surface area (Å²) in [6.45, 7) is 4.38. The maximum atomic E-state index is 9.49. The van der Waals surface area contributed by atoms with Gasteiger partial charge in [0.25, 0.3) is 0 Å². The molecule has 1 atom stereocenters. The molecule has 0 aromatic heterocycles. The summed E-state index contributed by atoms with van der Waals surface area (Å²) in [5, 5.41) is 9.49. The van der Waals surface area contributed by atoms with Crippen LogP contribution in [0.15, 0.2) is 0 Å². The highest BCUT2D eigenvalue weighted by atomic mass is 16.3. The summed E-state index contributed by atoms with van der Waals surface area (Å²) in [4.78, 5) is 0. The Morgan fingerprint density at radius 1 is 0.714 bits per heavy atom. The minimum Gasteiger partial charge on any atom is -0.393 e. The van der Waals surface area contributed by atoms with E-state index in [0.29, 0.717) is 0 Å². The number of hydrogen-bond donors (Lipinski definition) is 1. The van der Waals surface area contributed by atoms with Crippen molar-refractivity contribution in [3.63, 3.8) is 0 Å². The monoisotopic (exact) mass is 200 g/mol. The lowest BCUT2D eigenvalue weighted by Crippen LogP contribution is -2.04. The molecule has 0 radical (unpaired) electrons. The van der Waals surface area contributed by atoms with E-state index in [-0.39, 0.29) is 6.10 Å². The maximum absolute atomic E-state index is 9.49. The van der Waals surface area contributed by atoms with Crippen LogP contribution >= 0.6 is 0 Å². The Hall–Kier alpha value is -0.0400. The molecule has 0 unspecified atom stereocenters. The van der Waals surface area contributed by atoms with Crippen molar-refractivity contribution in [1.82, 2.24) is 0 Å². The molecule has 86 valence electrons. The zero-order valence-corrected chi connectivity index (χ0v) is 10.1. The van der Waals surface area contributed by atoms with E-state index >= 15 is 0 Å². The van der Waals surface area contributed by atoms with Crippen molar-refractivity contribution < 1.29 is 5.11 Å². The number of hydrogen-bond acceptors (Lipinski definition) is 1. The van der Waals surface area contributed by atoms with Gasteiger partial charge in [0.15, 0.2) is 0 Å². The van der Waals surface area contributed by atoms with Crippen LogP contribution < -0.4 is 0 Å². The van der Waals surface area contributed by atoms with Gasteiger partial charge in [-0.1, -0.05) is 65.2 Å². The van der Waals surface area contributed by atoms with Gasteiger partial charge in [-0.2, -0.15) is 0 Å². The first kappa shape index (κ1) is 14.0. The molecule has 0 bridgehead atoms. The summed E-state index contributed by atoms with van der Waals surface area (Å²) in [6, 6.07) is 0. The second-order valence-electron chi connectivity index (χ2n) is 4.35. The molecule has 0 heterocycles. The third-order valence-corrected chi connectivity index (χ3v) is 2.76. The van der Waals surface area contributed by atoms with Gasteiger partial charge in [0, 0.05) is 0 Å². The molecular formula is C13H28O.